The molecule has 3 nitrogen and oxygen atoms in total. The van der Waals surface area contributed by atoms with Crippen molar-refractivity contribution >= 4 is 34.5 Å². The van der Waals surface area contributed by atoms with Gasteiger partial charge in [-0.3, -0.25) is 4.79 Å². The van der Waals surface area contributed by atoms with Crippen LogP contribution in [-0.4, -0.2) is 36.4 Å². The number of hydrogen-bond acceptors (Lipinski definition) is 5. The maximum atomic E-state index is 11.1. The van der Waals surface area contributed by atoms with E-state index in [1.807, 2.05) is 11.8 Å². The fourth-order valence-corrected chi connectivity index (χ4v) is 3.42. The SMILES string of the molecule is CCC(C)c1nc(N(C)C(C)CSC)sc1C=O. The number of rotatable bonds is 7. The molecule has 2 unspecified atom stereocenters. The zero-order chi connectivity index (χ0) is 13.7. The standard InChI is InChI=1S/C13H22N2OS2/c1-6-9(2)12-11(7-16)18-13(14-12)15(4)10(3)8-17-5/h7,9-10H,6,8H2,1-5H3. The van der Waals surface area contributed by atoms with Gasteiger partial charge in [0.15, 0.2) is 11.4 Å². The predicted molar refractivity (Wildman–Crippen MR) is 82.5 cm³/mol. The molecule has 0 fully saturated rings. The van der Waals surface area contributed by atoms with Gasteiger partial charge in [-0.25, -0.2) is 4.98 Å². The van der Waals surface area contributed by atoms with Crippen molar-refractivity contribution in [2.75, 3.05) is 24.0 Å². The molecule has 0 spiro atoms. The van der Waals surface area contributed by atoms with Gasteiger partial charge in [-0.05, 0) is 25.5 Å². The lowest BCUT2D eigenvalue weighted by Crippen LogP contribution is -2.30. The second-order valence-corrected chi connectivity index (χ2v) is 6.51. The number of thioether (sulfide) groups is 1. The summed E-state index contributed by atoms with van der Waals surface area (Å²) in [6.07, 6.45) is 4.05. The van der Waals surface area contributed by atoms with Crippen LogP contribution in [0.4, 0.5) is 5.13 Å². The van der Waals surface area contributed by atoms with Crippen LogP contribution in [0, 0.1) is 0 Å². The van der Waals surface area contributed by atoms with E-state index < -0.39 is 0 Å². The fraction of sp³-hybridized carbons (Fsp3) is 0.692. The zero-order valence-corrected chi connectivity index (χ0v) is 13.4. The van der Waals surface area contributed by atoms with E-state index in [9.17, 15) is 4.79 Å². The van der Waals surface area contributed by atoms with Crippen molar-refractivity contribution in [1.82, 2.24) is 4.98 Å². The molecule has 5 heteroatoms. The quantitative estimate of drug-likeness (QED) is 0.716. The van der Waals surface area contributed by atoms with E-state index in [0.29, 0.717) is 12.0 Å². The number of carbonyl (C=O) groups excluding carboxylic acids is 1. The van der Waals surface area contributed by atoms with Gasteiger partial charge in [0.2, 0.25) is 0 Å². The van der Waals surface area contributed by atoms with Gasteiger partial charge in [-0.15, -0.1) is 0 Å². The summed E-state index contributed by atoms with van der Waals surface area (Å²) in [5.41, 5.74) is 0.954. The number of thiazole rings is 1. The van der Waals surface area contributed by atoms with Gasteiger partial charge < -0.3 is 4.90 Å². The molecule has 0 N–H and O–H groups in total. The van der Waals surface area contributed by atoms with Crippen molar-refractivity contribution in [2.24, 2.45) is 0 Å². The third-order valence-electron chi connectivity index (χ3n) is 3.23. The highest BCUT2D eigenvalue weighted by molar-refractivity contribution is 7.98. The molecule has 0 bridgehead atoms. The molecule has 2 atom stereocenters. The molecular weight excluding hydrogens is 264 g/mol. The summed E-state index contributed by atoms with van der Waals surface area (Å²) in [5, 5.41) is 0.953. The van der Waals surface area contributed by atoms with Crippen molar-refractivity contribution in [3.05, 3.63) is 10.6 Å². The van der Waals surface area contributed by atoms with Gasteiger partial charge in [-0.2, -0.15) is 11.8 Å². The van der Waals surface area contributed by atoms with E-state index >= 15 is 0 Å². The Bertz CT molecular complexity index is 392. The van der Waals surface area contributed by atoms with Crippen molar-refractivity contribution in [3.63, 3.8) is 0 Å². The first-order valence-electron chi connectivity index (χ1n) is 6.22. The van der Waals surface area contributed by atoms with Crippen LogP contribution in [0.3, 0.4) is 0 Å². The topological polar surface area (TPSA) is 33.2 Å². The highest BCUT2D eigenvalue weighted by Crippen LogP contribution is 2.31. The lowest BCUT2D eigenvalue weighted by atomic mass is 10.0. The summed E-state index contributed by atoms with van der Waals surface area (Å²) in [7, 11) is 2.05. The summed E-state index contributed by atoms with van der Waals surface area (Å²) >= 11 is 3.33. The molecule has 0 amide bonds. The minimum Gasteiger partial charge on any atom is -0.348 e. The van der Waals surface area contributed by atoms with Crippen molar-refractivity contribution < 1.29 is 4.79 Å². The molecule has 1 rings (SSSR count). The zero-order valence-electron chi connectivity index (χ0n) is 11.8. The highest BCUT2D eigenvalue weighted by atomic mass is 32.2. The van der Waals surface area contributed by atoms with Gasteiger partial charge in [0.1, 0.15) is 0 Å². The highest BCUT2D eigenvalue weighted by Gasteiger charge is 2.19. The van der Waals surface area contributed by atoms with Gasteiger partial charge in [-0.1, -0.05) is 25.2 Å². The van der Waals surface area contributed by atoms with Crippen molar-refractivity contribution in [2.45, 2.75) is 39.2 Å². The molecule has 0 aliphatic heterocycles. The van der Waals surface area contributed by atoms with E-state index in [-0.39, 0.29) is 0 Å². The van der Waals surface area contributed by atoms with Crippen LogP contribution in [0.25, 0.3) is 0 Å². The Morgan fingerprint density at radius 1 is 1.50 bits per heavy atom. The van der Waals surface area contributed by atoms with Crippen LogP contribution < -0.4 is 4.90 Å². The smallest absolute Gasteiger partial charge is 0.186 e. The van der Waals surface area contributed by atoms with Gasteiger partial charge >= 0.3 is 0 Å². The maximum Gasteiger partial charge on any atom is 0.186 e. The van der Waals surface area contributed by atoms with Gasteiger partial charge in [0, 0.05) is 18.8 Å². The first kappa shape index (κ1) is 15.5. The van der Waals surface area contributed by atoms with E-state index in [1.54, 1.807) is 0 Å². The summed E-state index contributed by atoms with van der Waals surface area (Å²) < 4.78 is 0. The van der Waals surface area contributed by atoms with E-state index in [1.165, 1.54) is 11.3 Å². The Labute approximate surface area is 118 Å². The Balaban J connectivity index is 2.97. The number of nitrogens with zero attached hydrogens (tertiary/aromatic N) is 2. The third-order valence-corrected chi connectivity index (χ3v) is 5.13. The second kappa shape index (κ2) is 7.14. The summed E-state index contributed by atoms with van der Waals surface area (Å²) in [6.45, 7) is 6.43. The van der Waals surface area contributed by atoms with Crippen molar-refractivity contribution in [1.29, 1.82) is 0 Å². The monoisotopic (exact) mass is 286 g/mol. The van der Waals surface area contributed by atoms with Crippen molar-refractivity contribution in [3.8, 4) is 0 Å². The lowest BCUT2D eigenvalue weighted by Gasteiger charge is -2.23. The summed E-state index contributed by atoms with van der Waals surface area (Å²) in [6, 6.07) is 0.426. The van der Waals surface area contributed by atoms with E-state index in [2.05, 4.69) is 44.0 Å². The molecule has 1 aromatic heterocycles. The van der Waals surface area contributed by atoms with Crippen LogP contribution in [0.1, 0.15) is 48.5 Å². The second-order valence-electron chi connectivity index (χ2n) is 4.59. The van der Waals surface area contributed by atoms with Crippen LogP contribution in [-0.2, 0) is 0 Å². The molecule has 18 heavy (non-hydrogen) atoms. The molecule has 0 saturated carbocycles. The third kappa shape index (κ3) is 3.48. The first-order valence-corrected chi connectivity index (χ1v) is 8.43. The normalized spacial score (nSPS) is 14.3. The fourth-order valence-electron chi connectivity index (χ4n) is 1.65. The Morgan fingerprint density at radius 2 is 2.17 bits per heavy atom. The van der Waals surface area contributed by atoms with E-state index in [4.69, 9.17) is 0 Å². The van der Waals surface area contributed by atoms with Gasteiger partial charge in [0.25, 0.3) is 0 Å². The number of aromatic nitrogens is 1. The number of carbonyl (C=O) groups is 1. The van der Waals surface area contributed by atoms with Crippen LogP contribution >= 0.6 is 23.1 Å². The van der Waals surface area contributed by atoms with Crippen LogP contribution in [0.15, 0.2) is 0 Å². The summed E-state index contributed by atoms with van der Waals surface area (Å²) in [5.74, 6) is 1.41. The molecule has 102 valence electrons. The molecule has 1 heterocycles. The minimum atomic E-state index is 0.347. The van der Waals surface area contributed by atoms with Gasteiger partial charge in [0.05, 0.1) is 10.6 Å². The largest absolute Gasteiger partial charge is 0.348 e. The molecule has 0 aliphatic rings. The Morgan fingerprint density at radius 3 is 2.67 bits per heavy atom. The number of hydrogen-bond donors (Lipinski definition) is 0. The molecule has 1 aromatic rings. The Kier molecular flexibility index (Phi) is 6.15. The molecule has 0 aromatic carbocycles. The Hall–Kier alpha value is -0.550. The maximum absolute atomic E-state index is 11.1. The molecule has 0 saturated heterocycles. The first-order chi connectivity index (χ1) is 8.54. The van der Waals surface area contributed by atoms with Crippen LogP contribution in [0.5, 0.6) is 0 Å². The molecule has 0 radical (unpaired) electrons. The molecular formula is C13H22N2OS2. The van der Waals surface area contributed by atoms with Crippen LogP contribution in [0.2, 0.25) is 0 Å². The number of aldehydes is 1. The number of anilines is 1. The molecule has 0 aliphatic carbocycles. The summed E-state index contributed by atoms with van der Waals surface area (Å²) in [4.78, 5) is 18.7. The lowest BCUT2D eigenvalue weighted by molar-refractivity contribution is 0.112. The van der Waals surface area contributed by atoms with E-state index in [0.717, 1.165) is 34.2 Å². The average molecular weight is 286 g/mol. The average Bonchev–Trinajstić information content (AvgIpc) is 2.81. The minimum absolute atomic E-state index is 0.347. The predicted octanol–water partition coefficient (Wildman–Crippen LogP) is 3.66.